The summed E-state index contributed by atoms with van der Waals surface area (Å²) in [6.45, 7) is 2.95. The number of amides is 1. The number of ether oxygens (including phenoxy) is 1. The molecule has 0 unspecified atom stereocenters. The maximum absolute atomic E-state index is 12.8. The molecule has 0 aromatic heterocycles. The first kappa shape index (κ1) is 21.0. The zero-order valence-electron chi connectivity index (χ0n) is 17.5. The molecule has 3 aromatic rings. The average molecular weight is 538 g/mol. The Morgan fingerprint density at radius 3 is 2.19 bits per heavy atom. The van der Waals surface area contributed by atoms with Gasteiger partial charge in [0.15, 0.2) is 0 Å². The molecule has 1 aliphatic carbocycles. The predicted octanol–water partition coefficient (Wildman–Crippen LogP) is 5.17. The van der Waals surface area contributed by atoms with Crippen molar-refractivity contribution in [2.75, 3.05) is 37.7 Å². The highest BCUT2D eigenvalue weighted by atomic mass is 127. The van der Waals surface area contributed by atoms with E-state index in [4.69, 9.17) is 4.74 Å². The number of hydrogen-bond acceptors (Lipinski definition) is 4. The van der Waals surface area contributed by atoms with Gasteiger partial charge >= 0.3 is 6.09 Å². The fourth-order valence-electron chi connectivity index (χ4n) is 4.68. The number of hydrogen-bond donors (Lipinski definition) is 0. The fraction of sp³-hybridized carbons (Fsp3) is 0.231. The first-order valence-corrected chi connectivity index (χ1v) is 11.8. The highest BCUT2D eigenvalue weighted by Gasteiger charge is 2.30. The summed E-state index contributed by atoms with van der Waals surface area (Å²) in [6, 6.07) is 22.5. The minimum atomic E-state index is -0.261. The number of fused-ring (bicyclic) bond motifs is 3. The van der Waals surface area contributed by atoms with E-state index in [0.29, 0.717) is 38.3 Å². The molecule has 5 nitrogen and oxygen atoms in total. The Morgan fingerprint density at radius 1 is 0.938 bits per heavy atom. The number of piperazine rings is 1. The Labute approximate surface area is 201 Å². The van der Waals surface area contributed by atoms with Gasteiger partial charge in [-0.1, -0.05) is 48.5 Å². The van der Waals surface area contributed by atoms with Gasteiger partial charge in [-0.2, -0.15) is 0 Å². The van der Waals surface area contributed by atoms with Crippen molar-refractivity contribution in [3.63, 3.8) is 0 Å². The second-order valence-electron chi connectivity index (χ2n) is 8.14. The van der Waals surface area contributed by atoms with Gasteiger partial charge < -0.3 is 14.5 Å². The molecule has 6 heteroatoms. The first-order valence-electron chi connectivity index (χ1n) is 10.7. The van der Waals surface area contributed by atoms with E-state index in [1.54, 1.807) is 4.90 Å². The molecule has 0 bridgehead atoms. The van der Waals surface area contributed by atoms with Crippen LogP contribution in [0.15, 0.2) is 66.7 Å². The molecule has 2 aliphatic rings. The Kier molecular flexibility index (Phi) is 5.87. The van der Waals surface area contributed by atoms with E-state index in [0.717, 1.165) is 15.5 Å². The third-order valence-electron chi connectivity index (χ3n) is 6.28. The van der Waals surface area contributed by atoms with Crippen LogP contribution in [0, 0.1) is 3.57 Å². The summed E-state index contributed by atoms with van der Waals surface area (Å²) in [5.41, 5.74) is 6.58. The lowest BCUT2D eigenvalue weighted by molar-refractivity contribution is 0.0976. The lowest BCUT2D eigenvalue weighted by Crippen LogP contribution is -2.49. The molecule has 5 rings (SSSR count). The van der Waals surface area contributed by atoms with Crippen LogP contribution in [0.2, 0.25) is 0 Å². The van der Waals surface area contributed by atoms with Crippen molar-refractivity contribution in [1.29, 1.82) is 0 Å². The van der Waals surface area contributed by atoms with Crippen LogP contribution >= 0.6 is 22.6 Å². The lowest BCUT2D eigenvalue weighted by atomic mass is 9.98. The third kappa shape index (κ3) is 3.99. The average Bonchev–Trinajstić information content (AvgIpc) is 3.16. The van der Waals surface area contributed by atoms with Gasteiger partial charge in [-0.05, 0) is 63.0 Å². The summed E-state index contributed by atoms with van der Waals surface area (Å²) in [5.74, 6) is 0.0702. The molecule has 1 heterocycles. The minimum absolute atomic E-state index is 0.0702. The first-order chi connectivity index (χ1) is 15.6. The molecule has 1 aliphatic heterocycles. The number of anilines is 1. The Hall–Kier alpha value is -2.87. The van der Waals surface area contributed by atoms with Crippen LogP contribution < -0.4 is 4.90 Å². The lowest BCUT2D eigenvalue weighted by Gasteiger charge is -2.35. The fourth-order valence-corrected chi connectivity index (χ4v) is 5.36. The van der Waals surface area contributed by atoms with Crippen LogP contribution in [0.4, 0.5) is 10.5 Å². The molecule has 1 amide bonds. The molecule has 1 saturated heterocycles. The van der Waals surface area contributed by atoms with Crippen molar-refractivity contribution in [2.45, 2.75) is 5.92 Å². The highest BCUT2D eigenvalue weighted by molar-refractivity contribution is 14.1. The minimum Gasteiger partial charge on any atom is -0.448 e. The molecule has 0 N–H and O–H groups in total. The van der Waals surface area contributed by atoms with Crippen molar-refractivity contribution in [1.82, 2.24) is 4.90 Å². The topological polar surface area (TPSA) is 49.9 Å². The summed E-state index contributed by atoms with van der Waals surface area (Å²) < 4.78 is 6.83. The summed E-state index contributed by atoms with van der Waals surface area (Å²) in [5, 5.41) is 0. The molecular formula is C26H23IN2O3. The second kappa shape index (κ2) is 8.94. The highest BCUT2D eigenvalue weighted by Crippen LogP contribution is 2.44. The summed E-state index contributed by atoms with van der Waals surface area (Å²) in [4.78, 5) is 28.0. The van der Waals surface area contributed by atoms with E-state index in [-0.39, 0.29) is 12.0 Å². The standard InChI is InChI=1S/C26H23IN2O3/c27-19-13-18(16-30)14-20(15-19)28-9-11-29(12-10-28)26(31)32-17-25-23-7-3-1-5-21(23)22-6-2-4-8-24(22)25/h1-8,13-16,25H,9-12,17H2. The molecular weight excluding hydrogens is 515 g/mol. The van der Waals surface area contributed by atoms with Crippen LogP contribution in [0.25, 0.3) is 11.1 Å². The number of carbonyl (C=O) groups is 2. The van der Waals surface area contributed by atoms with Gasteiger partial charge in [-0.3, -0.25) is 4.79 Å². The van der Waals surface area contributed by atoms with Crippen LogP contribution in [0.3, 0.4) is 0 Å². The monoisotopic (exact) mass is 538 g/mol. The van der Waals surface area contributed by atoms with Gasteiger partial charge in [-0.25, -0.2) is 4.79 Å². The van der Waals surface area contributed by atoms with E-state index >= 15 is 0 Å². The van der Waals surface area contributed by atoms with Crippen molar-refractivity contribution in [3.8, 4) is 11.1 Å². The van der Waals surface area contributed by atoms with E-state index in [2.05, 4.69) is 70.0 Å². The van der Waals surface area contributed by atoms with Crippen molar-refractivity contribution < 1.29 is 14.3 Å². The Bertz CT molecular complexity index is 1130. The predicted molar refractivity (Wildman–Crippen MR) is 133 cm³/mol. The summed E-state index contributed by atoms with van der Waals surface area (Å²) in [6.07, 6.45) is 0.612. The van der Waals surface area contributed by atoms with Gasteiger partial charge in [0.25, 0.3) is 0 Å². The molecule has 32 heavy (non-hydrogen) atoms. The maximum Gasteiger partial charge on any atom is 0.409 e. The SMILES string of the molecule is O=Cc1cc(I)cc(N2CCN(C(=O)OCC3c4ccccc4-c4ccccc43)CC2)c1. The van der Waals surface area contributed by atoms with E-state index in [1.807, 2.05) is 24.3 Å². The molecule has 1 fully saturated rings. The Balaban J connectivity index is 1.22. The molecule has 3 aromatic carbocycles. The normalized spacial score (nSPS) is 15.3. The summed E-state index contributed by atoms with van der Waals surface area (Å²) in [7, 11) is 0. The number of halogens is 1. The molecule has 162 valence electrons. The van der Waals surface area contributed by atoms with Gasteiger partial charge in [0, 0.05) is 46.9 Å². The number of benzene rings is 3. The van der Waals surface area contributed by atoms with Gasteiger partial charge in [0.1, 0.15) is 12.9 Å². The zero-order chi connectivity index (χ0) is 22.1. The second-order valence-corrected chi connectivity index (χ2v) is 9.38. The third-order valence-corrected chi connectivity index (χ3v) is 6.90. The van der Waals surface area contributed by atoms with Crippen LogP contribution in [0.5, 0.6) is 0 Å². The van der Waals surface area contributed by atoms with Gasteiger partial charge in [0.2, 0.25) is 0 Å². The Morgan fingerprint density at radius 2 is 1.56 bits per heavy atom. The molecule has 0 spiro atoms. The van der Waals surface area contributed by atoms with Gasteiger partial charge in [-0.15, -0.1) is 0 Å². The number of rotatable bonds is 4. The molecule has 0 radical (unpaired) electrons. The smallest absolute Gasteiger partial charge is 0.409 e. The maximum atomic E-state index is 12.8. The van der Waals surface area contributed by atoms with Crippen LogP contribution in [-0.2, 0) is 4.74 Å². The number of carbonyl (C=O) groups excluding carboxylic acids is 2. The van der Waals surface area contributed by atoms with Crippen LogP contribution in [-0.4, -0.2) is 50.1 Å². The number of aldehydes is 1. The van der Waals surface area contributed by atoms with Crippen molar-refractivity contribution in [3.05, 3.63) is 87.0 Å². The van der Waals surface area contributed by atoms with E-state index < -0.39 is 0 Å². The van der Waals surface area contributed by atoms with Crippen molar-refractivity contribution >= 4 is 40.7 Å². The van der Waals surface area contributed by atoms with Gasteiger partial charge in [0.05, 0.1) is 0 Å². The van der Waals surface area contributed by atoms with Crippen molar-refractivity contribution in [2.24, 2.45) is 0 Å². The largest absolute Gasteiger partial charge is 0.448 e. The van der Waals surface area contributed by atoms with E-state index in [9.17, 15) is 9.59 Å². The quantitative estimate of drug-likeness (QED) is 0.340. The molecule has 0 saturated carbocycles. The van der Waals surface area contributed by atoms with Crippen LogP contribution in [0.1, 0.15) is 27.4 Å². The zero-order valence-corrected chi connectivity index (χ0v) is 19.7. The van der Waals surface area contributed by atoms with E-state index in [1.165, 1.54) is 22.3 Å². The summed E-state index contributed by atoms with van der Waals surface area (Å²) >= 11 is 2.23. The molecule has 0 atom stereocenters. The number of nitrogens with zero attached hydrogens (tertiary/aromatic N) is 2.